The lowest BCUT2D eigenvalue weighted by Gasteiger charge is -2.34. The van der Waals surface area contributed by atoms with Gasteiger partial charge < -0.3 is 24.8 Å². The van der Waals surface area contributed by atoms with Gasteiger partial charge in [0, 0.05) is 74.5 Å². The average molecular weight is 618 g/mol. The van der Waals surface area contributed by atoms with E-state index in [0.29, 0.717) is 29.6 Å². The molecule has 0 atom stereocenters. The molecule has 5 rings (SSSR count). The molecule has 10 nitrogen and oxygen atoms in total. The fourth-order valence-electron chi connectivity index (χ4n) is 4.97. The van der Waals surface area contributed by atoms with Gasteiger partial charge in [0.15, 0.2) is 0 Å². The van der Waals surface area contributed by atoms with Crippen LogP contribution >= 0.6 is 23.1 Å². The van der Waals surface area contributed by atoms with Crippen molar-refractivity contribution in [2.24, 2.45) is 0 Å². The molecule has 1 aromatic carbocycles. The summed E-state index contributed by atoms with van der Waals surface area (Å²) in [5, 5.41) is 22.5. The molecule has 3 aromatic heterocycles. The summed E-state index contributed by atoms with van der Waals surface area (Å²) in [7, 11) is 1.60. The lowest BCUT2D eigenvalue weighted by Crippen LogP contribution is -2.47. The number of rotatable bonds is 13. The molecule has 4 aromatic rings. The van der Waals surface area contributed by atoms with E-state index in [2.05, 4.69) is 31.2 Å². The van der Waals surface area contributed by atoms with Gasteiger partial charge in [-0.25, -0.2) is 9.97 Å². The maximum absolute atomic E-state index is 10.0. The molecule has 43 heavy (non-hydrogen) atoms. The van der Waals surface area contributed by atoms with Crippen molar-refractivity contribution >= 4 is 34.7 Å². The Morgan fingerprint density at radius 1 is 1.09 bits per heavy atom. The number of hydrogen-bond acceptors (Lipinski definition) is 12. The lowest BCUT2D eigenvalue weighted by molar-refractivity contribution is 0.108. The van der Waals surface area contributed by atoms with Crippen LogP contribution in [-0.2, 0) is 0 Å². The number of methoxy groups -OCH3 is 1. The molecule has 1 saturated heterocycles. The van der Waals surface area contributed by atoms with Crippen molar-refractivity contribution < 1.29 is 14.6 Å². The van der Waals surface area contributed by atoms with E-state index >= 15 is 0 Å². The van der Waals surface area contributed by atoms with Gasteiger partial charge in [-0.3, -0.25) is 9.88 Å². The maximum atomic E-state index is 10.0. The molecule has 1 aliphatic rings. The molecule has 2 N–H and O–H groups in total. The van der Waals surface area contributed by atoms with E-state index in [-0.39, 0.29) is 6.61 Å². The van der Waals surface area contributed by atoms with Gasteiger partial charge in [0.05, 0.1) is 46.9 Å². The number of β-amino-alcohol motifs (C(OH)–C–C–N with tert-alkyl or cyclic N) is 1. The number of anilines is 2. The van der Waals surface area contributed by atoms with Crippen molar-refractivity contribution in [3.05, 3.63) is 60.6 Å². The van der Waals surface area contributed by atoms with Gasteiger partial charge in [0.1, 0.15) is 17.6 Å². The summed E-state index contributed by atoms with van der Waals surface area (Å²) < 4.78 is 12.4. The maximum Gasteiger partial charge on any atom is 0.227 e. The van der Waals surface area contributed by atoms with Crippen LogP contribution in [-0.4, -0.2) is 95.7 Å². The lowest BCUT2D eigenvalue weighted by atomic mass is 10.0. The summed E-state index contributed by atoms with van der Waals surface area (Å²) >= 11 is 3.07. The van der Waals surface area contributed by atoms with E-state index in [1.165, 1.54) is 23.1 Å². The van der Waals surface area contributed by atoms with Crippen molar-refractivity contribution in [3.8, 4) is 39.3 Å². The predicted octanol–water partition coefficient (Wildman–Crippen LogP) is 4.99. The molecule has 12 heteroatoms. The Balaban J connectivity index is 1.26. The van der Waals surface area contributed by atoms with Crippen LogP contribution in [0.25, 0.3) is 21.7 Å². The third-order valence-corrected chi connectivity index (χ3v) is 9.49. The van der Waals surface area contributed by atoms with Gasteiger partial charge in [0.2, 0.25) is 5.95 Å². The molecular formula is C31H35N7O3S2. The molecule has 0 spiro atoms. The number of thiophene rings is 1. The van der Waals surface area contributed by atoms with Gasteiger partial charge in [-0.05, 0) is 36.9 Å². The monoisotopic (exact) mass is 617 g/mol. The van der Waals surface area contributed by atoms with Crippen LogP contribution in [0.1, 0.15) is 12.0 Å². The van der Waals surface area contributed by atoms with Crippen LogP contribution < -0.4 is 14.8 Å². The van der Waals surface area contributed by atoms with Crippen LogP contribution in [0.2, 0.25) is 0 Å². The van der Waals surface area contributed by atoms with Crippen molar-refractivity contribution in [3.63, 3.8) is 0 Å². The molecule has 4 heterocycles. The number of aliphatic hydroxyl groups excluding tert-OH is 1. The van der Waals surface area contributed by atoms with Crippen LogP contribution in [0.4, 0.5) is 11.6 Å². The second-order valence-electron chi connectivity index (χ2n) is 9.93. The molecule has 1 aliphatic heterocycles. The topological polar surface area (TPSA) is 120 Å². The highest BCUT2D eigenvalue weighted by Crippen LogP contribution is 2.46. The van der Waals surface area contributed by atoms with E-state index in [1.54, 1.807) is 25.7 Å². The molecule has 0 saturated carbocycles. The zero-order chi connectivity index (χ0) is 30.0. The Morgan fingerprint density at radius 2 is 1.91 bits per heavy atom. The van der Waals surface area contributed by atoms with Gasteiger partial charge >= 0.3 is 0 Å². The third-order valence-electron chi connectivity index (χ3n) is 7.16. The largest absolute Gasteiger partial charge is 0.495 e. The zero-order valence-corrected chi connectivity index (χ0v) is 26.0. The van der Waals surface area contributed by atoms with Crippen molar-refractivity contribution in [1.82, 2.24) is 24.8 Å². The second kappa shape index (κ2) is 15.1. The molecule has 224 valence electrons. The first kappa shape index (κ1) is 30.7. The first-order valence-corrected chi connectivity index (χ1v) is 16.1. The molecule has 0 radical (unpaired) electrons. The van der Waals surface area contributed by atoms with Crippen molar-refractivity contribution in [2.45, 2.75) is 10.6 Å². The smallest absolute Gasteiger partial charge is 0.227 e. The van der Waals surface area contributed by atoms with Crippen LogP contribution in [0.15, 0.2) is 59.2 Å². The number of piperazine rings is 1. The number of aliphatic hydroxyl groups is 1. The van der Waals surface area contributed by atoms with E-state index in [1.807, 2.05) is 42.7 Å². The number of thioether (sulfide) groups is 1. The fourth-order valence-corrected chi connectivity index (χ4v) is 6.88. The molecule has 0 unspecified atom stereocenters. The number of aromatic nitrogens is 3. The minimum atomic E-state index is 0.222. The number of nitrogens with one attached hydrogen (secondary N) is 1. The number of nitriles is 1. The van der Waals surface area contributed by atoms with Crippen LogP contribution in [0.3, 0.4) is 0 Å². The summed E-state index contributed by atoms with van der Waals surface area (Å²) in [6, 6.07) is 13.9. The summed E-state index contributed by atoms with van der Waals surface area (Å²) in [5.41, 5.74) is 3.71. The van der Waals surface area contributed by atoms with Crippen LogP contribution in [0, 0.1) is 11.3 Å². The second-order valence-corrected chi connectivity index (χ2v) is 12.0. The number of ether oxygens (including phenoxy) is 2. The highest BCUT2D eigenvalue weighted by Gasteiger charge is 2.22. The summed E-state index contributed by atoms with van der Waals surface area (Å²) in [6.45, 7) is 6.66. The highest BCUT2D eigenvalue weighted by atomic mass is 32.2. The van der Waals surface area contributed by atoms with E-state index in [4.69, 9.17) is 19.6 Å². The van der Waals surface area contributed by atoms with Crippen molar-refractivity contribution in [2.75, 3.05) is 71.2 Å². The predicted molar refractivity (Wildman–Crippen MR) is 171 cm³/mol. The minimum Gasteiger partial charge on any atom is -0.495 e. The quantitative estimate of drug-likeness (QED) is 0.156. The first-order chi connectivity index (χ1) is 21.1. The number of pyridine rings is 1. The Labute approximate surface area is 260 Å². The van der Waals surface area contributed by atoms with Crippen LogP contribution in [0.5, 0.6) is 11.5 Å². The standard InChI is InChI=1S/C31H35N7O3S2/c1-40-25-17-22(20-33-21-25)28-26(19-32)30(42-2)43-29(28)27-7-8-34-31(36-27)35-23-5-3-6-24(18-23)41-16-4-9-37-10-12-38(13-11-37)14-15-39/h3,5-8,17-18,20-21,39H,4,9-16H2,1-2H3,(H,34,35,36). The minimum absolute atomic E-state index is 0.222. The number of nitrogens with zero attached hydrogens (tertiary/aromatic N) is 6. The third kappa shape index (κ3) is 7.81. The van der Waals surface area contributed by atoms with Gasteiger partial charge in [-0.15, -0.1) is 23.1 Å². The number of benzene rings is 1. The molecule has 1 fully saturated rings. The Bertz CT molecular complexity index is 1550. The van der Waals surface area contributed by atoms with Gasteiger partial charge in [-0.1, -0.05) is 6.07 Å². The zero-order valence-electron chi connectivity index (χ0n) is 24.3. The number of hydrogen-bond donors (Lipinski definition) is 2. The normalized spacial score (nSPS) is 13.9. The van der Waals surface area contributed by atoms with E-state index in [9.17, 15) is 5.26 Å². The Kier molecular flexibility index (Phi) is 10.8. The summed E-state index contributed by atoms with van der Waals surface area (Å²) in [4.78, 5) is 19.2. The Morgan fingerprint density at radius 3 is 2.65 bits per heavy atom. The first-order valence-electron chi connectivity index (χ1n) is 14.1. The average Bonchev–Trinajstić information content (AvgIpc) is 3.43. The van der Waals surface area contributed by atoms with Crippen molar-refractivity contribution in [1.29, 1.82) is 5.26 Å². The molecule has 0 aliphatic carbocycles. The summed E-state index contributed by atoms with van der Waals surface area (Å²) in [6.07, 6.45) is 8.01. The van der Waals surface area contributed by atoms with E-state index < -0.39 is 0 Å². The highest BCUT2D eigenvalue weighted by molar-refractivity contribution is 8.00. The Hall–Kier alpha value is -3.73. The van der Waals surface area contributed by atoms with E-state index in [0.717, 1.165) is 77.3 Å². The molecular weight excluding hydrogens is 583 g/mol. The SMILES string of the molecule is COc1cncc(-c2c(-c3ccnc(Nc4cccc(OCCCN5CCN(CCO)CC5)c4)n3)sc(SC)c2C#N)c1. The molecule has 0 bridgehead atoms. The van der Waals surface area contributed by atoms with Gasteiger partial charge in [0.25, 0.3) is 0 Å². The fraction of sp³-hybridized carbons (Fsp3) is 0.355. The van der Waals surface area contributed by atoms with Gasteiger partial charge in [-0.2, -0.15) is 5.26 Å². The molecule has 0 amide bonds. The summed E-state index contributed by atoms with van der Waals surface area (Å²) in [5.74, 6) is 1.85.